The molecule has 1 aliphatic heterocycles. The number of nitrogens with one attached hydrogen (secondary N) is 1. The normalized spacial score (nSPS) is 17.5. The van der Waals surface area contributed by atoms with E-state index in [1.54, 1.807) is 6.20 Å². The Kier molecular flexibility index (Phi) is 4.03. The molecule has 3 aromatic rings. The summed E-state index contributed by atoms with van der Waals surface area (Å²) >= 11 is 1.44. The highest BCUT2D eigenvalue weighted by molar-refractivity contribution is 7.13. The molecule has 0 radical (unpaired) electrons. The van der Waals surface area contributed by atoms with Crippen LogP contribution >= 0.6 is 11.3 Å². The SMILES string of the molecule is CCn1c(NC(=O)c2cnc(C3CCOC3)s2)nc2ccccc21. The van der Waals surface area contributed by atoms with Crippen LogP contribution in [0.1, 0.15) is 33.9 Å². The minimum absolute atomic E-state index is 0.164. The van der Waals surface area contributed by atoms with E-state index in [0.29, 0.717) is 23.4 Å². The lowest BCUT2D eigenvalue weighted by atomic mass is 10.1. The van der Waals surface area contributed by atoms with Crippen molar-refractivity contribution in [2.45, 2.75) is 25.8 Å². The molecule has 3 heterocycles. The number of amides is 1. The molecule has 124 valence electrons. The smallest absolute Gasteiger partial charge is 0.269 e. The third-order valence-electron chi connectivity index (χ3n) is 4.22. The fourth-order valence-electron chi connectivity index (χ4n) is 2.96. The molecule has 0 aliphatic carbocycles. The number of hydrogen-bond acceptors (Lipinski definition) is 5. The Morgan fingerprint density at radius 1 is 1.46 bits per heavy atom. The standard InChI is InChI=1S/C17H18N4O2S/c1-2-21-13-6-4-3-5-12(13)19-17(21)20-15(22)14-9-18-16(24-14)11-7-8-23-10-11/h3-6,9,11H,2,7-8,10H2,1H3,(H,19,20,22). The molecule has 6 nitrogen and oxygen atoms in total. The Bertz CT molecular complexity index is 880. The summed E-state index contributed by atoms with van der Waals surface area (Å²) in [5.41, 5.74) is 1.89. The molecule has 1 amide bonds. The first kappa shape index (κ1) is 15.3. The zero-order valence-corrected chi connectivity index (χ0v) is 14.2. The van der Waals surface area contributed by atoms with Crippen LogP contribution in [0.2, 0.25) is 0 Å². The Morgan fingerprint density at radius 2 is 2.33 bits per heavy atom. The molecule has 2 aromatic heterocycles. The van der Waals surface area contributed by atoms with E-state index in [9.17, 15) is 4.79 Å². The summed E-state index contributed by atoms with van der Waals surface area (Å²) in [5.74, 6) is 0.724. The molecule has 0 bridgehead atoms. The van der Waals surface area contributed by atoms with Gasteiger partial charge in [-0.15, -0.1) is 11.3 Å². The van der Waals surface area contributed by atoms with Crippen LogP contribution in [0, 0.1) is 0 Å². The maximum atomic E-state index is 12.6. The summed E-state index contributed by atoms with van der Waals surface area (Å²) in [6.45, 7) is 4.24. The van der Waals surface area contributed by atoms with Crippen molar-refractivity contribution in [1.29, 1.82) is 0 Å². The summed E-state index contributed by atoms with van der Waals surface area (Å²) in [7, 11) is 0. The summed E-state index contributed by atoms with van der Waals surface area (Å²) in [5, 5.41) is 3.90. The zero-order valence-electron chi connectivity index (χ0n) is 13.4. The van der Waals surface area contributed by atoms with Gasteiger partial charge in [0, 0.05) is 19.1 Å². The molecule has 1 fully saturated rings. The molecular formula is C17H18N4O2S. The first-order chi connectivity index (χ1) is 11.8. The summed E-state index contributed by atoms with van der Waals surface area (Å²) in [6.07, 6.45) is 2.62. The number of ether oxygens (including phenoxy) is 1. The monoisotopic (exact) mass is 342 g/mol. The third kappa shape index (κ3) is 2.70. The van der Waals surface area contributed by atoms with Crippen LogP contribution in [0.5, 0.6) is 0 Å². The van der Waals surface area contributed by atoms with E-state index in [4.69, 9.17) is 4.74 Å². The molecule has 0 saturated carbocycles. The molecule has 0 spiro atoms. The number of rotatable bonds is 4. The van der Waals surface area contributed by atoms with Crippen molar-refractivity contribution in [3.05, 3.63) is 40.3 Å². The number of aryl methyl sites for hydroxylation is 1. The number of thiazole rings is 1. The lowest BCUT2D eigenvalue weighted by Gasteiger charge is -2.06. The number of aromatic nitrogens is 3. The number of carbonyl (C=O) groups is 1. The highest BCUT2D eigenvalue weighted by atomic mass is 32.1. The average molecular weight is 342 g/mol. The van der Waals surface area contributed by atoms with Crippen molar-refractivity contribution >= 4 is 34.2 Å². The number of fused-ring (bicyclic) bond motifs is 1. The second kappa shape index (κ2) is 6.33. The van der Waals surface area contributed by atoms with Crippen molar-refractivity contribution in [2.75, 3.05) is 18.5 Å². The van der Waals surface area contributed by atoms with E-state index in [2.05, 4.69) is 15.3 Å². The molecule has 1 N–H and O–H groups in total. The second-order valence-electron chi connectivity index (χ2n) is 5.75. The topological polar surface area (TPSA) is 69.0 Å². The van der Waals surface area contributed by atoms with Gasteiger partial charge in [-0.3, -0.25) is 10.1 Å². The molecule has 7 heteroatoms. The first-order valence-electron chi connectivity index (χ1n) is 8.06. The lowest BCUT2D eigenvalue weighted by molar-refractivity contribution is 0.102. The minimum atomic E-state index is -0.164. The van der Waals surface area contributed by atoms with E-state index < -0.39 is 0 Å². The van der Waals surface area contributed by atoms with Crippen LogP contribution < -0.4 is 5.32 Å². The van der Waals surface area contributed by atoms with Gasteiger partial charge in [0.2, 0.25) is 5.95 Å². The van der Waals surface area contributed by atoms with E-state index in [1.807, 2.05) is 35.8 Å². The molecule has 1 aliphatic rings. The highest BCUT2D eigenvalue weighted by Crippen LogP contribution is 2.29. The van der Waals surface area contributed by atoms with Gasteiger partial charge in [-0.05, 0) is 25.5 Å². The number of hydrogen-bond donors (Lipinski definition) is 1. The number of carbonyl (C=O) groups excluding carboxylic acids is 1. The molecule has 1 aromatic carbocycles. The summed E-state index contributed by atoms with van der Waals surface area (Å²) in [4.78, 5) is 22.1. The number of imidazole rings is 1. The van der Waals surface area contributed by atoms with Gasteiger partial charge in [-0.1, -0.05) is 12.1 Å². The van der Waals surface area contributed by atoms with Gasteiger partial charge in [0.05, 0.1) is 28.8 Å². The number of para-hydroxylation sites is 2. The van der Waals surface area contributed by atoms with E-state index in [1.165, 1.54) is 11.3 Å². The Labute approximate surface area is 143 Å². The molecule has 1 unspecified atom stereocenters. The van der Waals surface area contributed by atoms with Crippen molar-refractivity contribution in [2.24, 2.45) is 0 Å². The summed E-state index contributed by atoms with van der Waals surface area (Å²) < 4.78 is 7.39. The van der Waals surface area contributed by atoms with Crippen molar-refractivity contribution in [1.82, 2.24) is 14.5 Å². The zero-order chi connectivity index (χ0) is 16.5. The van der Waals surface area contributed by atoms with Gasteiger partial charge >= 0.3 is 0 Å². The van der Waals surface area contributed by atoms with Crippen molar-refractivity contribution < 1.29 is 9.53 Å². The molecule has 1 atom stereocenters. The Morgan fingerprint density at radius 3 is 3.12 bits per heavy atom. The fourth-order valence-corrected chi connectivity index (χ4v) is 3.90. The van der Waals surface area contributed by atoms with Gasteiger partial charge in [0.25, 0.3) is 5.91 Å². The van der Waals surface area contributed by atoms with Gasteiger partial charge in [0.1, 0.15) is 4.88 Å². The van der Waals surface area contributed by atoms with Crippen LogP contribution in [0.3, 0.4) is 0 Å². The second-order valence-corrected chi connectivity index (χ2v) is 6.81. The van der Waals surface area contributed by atoms with Crippen molar-refractivity contribution in [3.63, 3.8) is 0 Å². The van der Waals surface area contributed by atoms with Crippen LogP contribution in [0.4, 0.5) is 5.95 Å². The summed E-state index contributed by atoms with van der Waals surface area (Å²) in [6, 6.07) is 7.87. The van der Waals surface area contributed by atoms with Crippen LogP contribution in [0.15, 0.2) is 30.5 Å². The van der Waals surface area contributed by atoms with Crippen molar-refractivity contribution in [3.8, 4) is 0 Å². The lowest BCUT2D eigenvalue weighted by Crippen LogP contribution is -2.14. The number of benzene rings is 1. The largest absolute Gasteiger partial charge is 0.381 e. The predicted molar refractivity (Wildman–Crippen MR) is 93.7 cm³/mol. The van der Waals surface area contributed by atoms with E-state index in [-0.39, 0.29) is 5.91 Å². The number of nitrogens with zero attached hydrogens (tertiary/aromatic N) is 3. The predicted octanol–water partition coefficient (Wildman–Crippen LogP) is 3.27. The van der Waals surface area contributed by atoms with Crippen LogP contribution in [-0.4, -0.2) is 33.7 Å². The average Bonchev–Trinajstić information content (AvgIpc) is 3.33. The van der Waals surface area contributed by atoms with Gasteiger partial charge in [-0.25, -0.2) is 9.97 Å². The quantitative estimate of drug-likeness (QED) is 0.790. The van der Waals surface area contributed by atoms with E-state index >= 15 is 0 Å². The van der Waals surface area contributed by atoms with Gasteiger partial charge < -0.3 is 9.30 Å². The Balaban J connectivity index is 1.58. The number of anilines is 1. The maximum absolute atomic E-state index is 12.6. The Hall–Kier alpha value is -2.25. The molecule has 24 heavy (non-hydrogen) atoms. The van der Waals surface area contributed by atoms with Crippen LogP contribution in [0.25, 0.3) is 11.0 Å². The molecular weight excluding hydrogens is 324 g/mol. The first-order valence-corrected chi connectivity index (χ1v) is 8.88. The van der Waals surface area contributed by atoms with Crippen LogP contribution in [-0.2, 0) is 11.3 Å². The highest BCUT2D eigenvalue weighted by Gasteiger charge is 2.23. The minimum Gasteiger partial charge on any atom is -0.381 e. The molecule has 1 saturated heterocycles. The molecule has 4 rings (SSSR count). The van der Waals surface area contributed by atoms with E-state index in [0.717, 1.165) is 35.6 Å². The third-order valence-corrected chi connectivity index (χ3v) is 5.38. The van der Waals surface area contributed by atoms with Gasteiger partial charge in [-0.2, -0.15) is 0 Å². The fraction of sp³-hybridized carbons (Fsp3) is 0.353. The van der Waals surface area contributed by atoms with Gasteiger partial charge in [0.15, 0.2) is 0 Å². The maximum Gasteiger partial charge on any atom is 0.269 e.